The molecule has 17 heavy (non-hydrogen) atoms. The zero-order valence-corrected chi connectivity index (χ0v) is 11.0. The minimum atomic E-state index is 0.288. The van der Waals surface area contributed by atoms with E-state index >= 15 is 0 Å². The number of amides is 1. The largest absolute Gasteiger partial charge is 0.341 e. The number of carbonyl (C=O) groups is 1. The van der Waals surface area contributed by atoms with Crippen molar-refractivity contribution in [3.05, 3.63) is 18.5 Å². The normalized spacial score (nSPS) is 20.5. The van der Waals surface area contributed by atoms with Gasteiger partial charge in [0.15, 0.2) is 0 Å². The van der Waals surface area contributed by atoms with E-state index in [2.05, 4.69) is 5.10 Å². The third-order valence-corrected chi connectivity index (χ3v) is 3.78. The van der Waals surface area contributed by atoms with Crippen LogP contribution in [0.25, 0.3) is 0 Å². The van der Waals surface area contributed by atoms with Crippen molar-refractivity contribution in [2.24, 2.45) is 0 Å². The number of thioether (sulfide) groups is 1. The van der Waals surface area contributed by atoms with Gasteiger partial charge >= 0.3 is 0 Å². The Morgan fingerprint density at radius 1 is 1.59 bits per heavy atom. The van der Waals surface area contributed by atoms with Crippen LogP contribution in [0.2, 0.25) is 0 Å². The van der Waals surface area contributed by atoms with Crippen LogP contribution in [-0.4, -0.2) is 45.7 Å². The van der Waals surface area contributed by atoms with Gasteiger partial charge in [-0.25, -0.2) is 0 Å². The van der Waals surface area contributed by atoms with Crippen molar-refractivity contribution in [1.29, 1.82) is 0 Å². The van der Waals surface area contributed by atoms with Gasteiger partial charge in [-0.15, -0.1) is 0 Å². The number of likely N-dealkylation sites (tertiary alicyclic amines) is 1. The van der Waals surface area contributed by atoms with Crippen molar-refractivity contribution in [3.63, 3.8) is 0 Å². The van der Waals surface area contributed by atoms with Crippen molar-refractivity contribution in [1.82, 2.24) is 14.7 Å². The van der Waals surface area contributed by atoms with Gasteiger partial charge in [-0.2, -0.15) is 16.9 Å². The van der Waals surface area contributed by atoms with Gasteiger partial charge in [-0.05, 0) is 25.2 Å². The molecule has 2 heterocycles. The number of aromatic nitrogens is 2. The van der Waals surface area contributed by atoms with Crippen molar-refractivity contribution in [2.45, 2.75) is 25.3 Å². The molecule has 1 atom stereocenters. The van der Waals surface area contributed by atoms with E-state index in [0.29, 0.717) is 12.5 Å². The Balaban J connectivity index is 1.90. The maximum Gasteiger partial charge on any atom is 0.223 e. The highest BCUT2D eigenvalue weighted by atomic mass is 32.2. The van der Waals surface area contributed by atoms with Crippen LogP contribution in [0.3, 0.4) is 0 Å². The first-order valence-electron chi connectivity index (χ1n) is 6.07. The molecule has 0 aromatic carbocycles. The van der Waals surface area contributed by atoms with E-state index in [-0.39, 0.29) is 5.91 Å². The summed E-state index contributed by atoms with van der Waals surface area (Å²) in [5.74, 6) is 1.21. The van der Waals surface area contributed by atoms with E-state index in [1.165, 1.54) is 0 Å². The summed E-state index contributed by atoms with van der Waals surface area (Å²) < 4.78 is 1.98. The van der Waals surface area contributed by atoms with Crippen LogP contribution in [0, 0.1) is 0 Å². The predicted octanol–water partition coefficient (Wildman–Crippen LogP) is 1.80. The summed E-state index contributed by atoms with van der Waals surface area (Å²) in [7, 11) is 0. The van der Waals surface area contributed by atoms with Gasteiger partial charge in [0, 0.05) is 37.7 Å². The van der Waals surface area contributed by atoms with E-state index in [1.54, 1.807) is 18.0 Å². The minimum absolute atomic E-state index is 0.288. The molecule has 4 nitrogen and oxygen atoms in total. The van der Waals surface area contributed by atoms with Crippen LogP contribution >= 0.6 is 11.8 Å². The van der Waals surface area contributed by atoms with E-state index in [4.69, 9.17) is 0 Å². The average molecular weight is 253 g/mol. The number of carbonyl (C=O) groups excluding carboxylic acids is 1. The van der Waals surface area contributed by atoms with Crippen molar-refractivity contribution in [3.8, 4) is 0 Å². The highest BCUT2D eigenvalue weighted by Crippen LogP contribution is 2.21. The highest BCUT2D eigenvalue weighted by Gasteiger charge is 2.24. The van der Waals surface area contributed by atoms with Gasteiger partial charge in [-0.3, -0.25) is 9.48 Å². The van der Waals surface area contributed by atoms with E-state index in [1.807, 2.05) is 28.1 Å². The second kappa shape index (κ2) is 6.10. The summed E-state index contributed by atoms with van der Waals surface area (Å²) >= 11 is 1.73. The molecule has 2 rings (SSSR count). The second-order valence-electron chi connectivity index (χ2n) is 4.36. The van der Waals surface area contributed by atoms with Crippen LogP contribution < -0.4 is 0 Å². The number of hydrogen-bond acceptors (Lipinski definition) is 3. The number of piperidine rings is 1. The first-order chi connectivity index (χ1) is 8.31. The first kappa shape index (κ1) is 12.5. The predicted molar refractivity (Wildman–Crippen MR) is 70.1 cm³/mol. The Kier molecular flexibility index (Phi) is 4.48. The molecule has 94 valence electrons. The topological polar surface area (TPSA) is 38.1 Å². The zero-order chi connectivity index (χ0) is 12.1. The maximum absolute atomic E-state index is 12.0. The van der Waals surface area contributed by atoms with Crippen molar-refractivity contribution in [2.75, 3.05) is 25.1 Å². The maximum atomic E-state index is 12.0. The van der Waals surface area contributed by atoms with Crippen LogP contribution in [0.15, 0.2) is 18.5 Å². The van der Waals surface area contributed by atoms with E-state index in [9.17, 15) is 4.79 Å². The van der Waals surface area contributed by atoms with E-state index < -0.39 is 0 Å². The number of hydrogen-bond donors (Lipinski definition) is 0. The van der Waals surface area contributed by atoms with Crippen LogP contribution in [0.5, 0.6) is 0 Å². The van der Waals surface area contributed by atoms with Gasteiger partial charge < -0.3 is 4.90 Å². The summed E-state index contributed by atoms with van der Waals surface area (Å²) in [6.45, 7) is 1.72. The molecule has 1 saturated heterocycles. The Hall–Kier alpha value is -0.970. The Labute approximate surface area is 106 Å². The van der Waals surface area contributed by atoms with Crippen molar-refractivity contribution < 1.29 is 4.79 Å². The second-order valence-corrected chi connectivity index (χ2v) is 5.35. The molecule has 5 heteroatoms. The zero-order valence-electron chi connectivity index (χ0n) is 10.2. The van der Waals surface area contributed by atoms with Crippen LogP contribution in [0.1, 0.15) is 25.3 Å². The molecule has 1 amide bonds. The van der Waals surface area contributed by atoms with Gasteiger partial charge in [0.2, 0.25) is 5.91 Å². The molecule has 1 aliphatic rings. The quantitative estimate of drug-likeness (QED) is 0.821. The van der Waals surface area contributed by atoms with Crippen molar-refractivity contribution >= 4 is 17.7 Å². The van der Waals surface area contributed by atoms with Gasteiger partial charge in [-0.1, -0.05) is 0 Å². The molecule has 1 aromatic rings. The summed E-state index contributed by atoms with van der Waals surface area (Å²) in [6, 6.07) is 2.30. The lowest BCUT2D eigenvalue weighted by molar-refractivity contribution is -0.132. The minimum Gasteiger partial charge on any atom is -0.341 e. The fraction of sp³-hybridized carbons (Fsp3) is 0.667. The standard InChI is InChI=1S/C12H19N3OS/c1-17-9-5-12(16)14-7-2-4-11(10-14)15-8-3-6-13-15/h3,6,8,11H,2,4-5,7,9-10H2,1H3/t11-/m1/s1. The first-order valence-corrected chi connectivity index (χ1v) is 7.46. The lowest BCUT2D eigenvalue weighted by Gasteiger charge is -2.33. The fourth-order valence-electron chi connectivity index (χ4n) is 2.24. The lowest BCUT2D eigenvalue weighted by Crippen LogP contribution is -2.40. The molecular formula is C12H19N3OS. The monoisotopic (exact) mass is 253 g/mol. The Morgan fingerprint density at radius 3 is 3.18 bits per heavy atom. The number of nitrogens with zero attached hydrogens (tertiary/aromatic N) is 3. The van der Waals surface area contributed by atoms with Gasteiger partial charge in [0.05, 0.1) is 6.04 Å². The fourth-order valence-corrected chi connectivity index (χ4v) is 2.62. The summed E-state index contributed by atoms with van der Waals surface area (Å²) in [4.78, 5) is 13.9. The molecule has 1 aliphatic heterocycles. The smallest absolute Gasteiger partial charge is 0.223 e. The van der Waals surface area contributed by atoms with Gasteiger partial charge in [0.1, 0.15) is 0 Å². The number of rotatable bonds is 4. The summed E-state index contributed by atoms with van der Waals surface area (Å²) in [5, 5.41) is 4.27. The molecule has 0 bridgehead atoms. The molecule has 0 radical (unpaired) electrons. The molecular weight excluding hydrogens is 234 g/mol. The van der Waals surface area contributed by atoms with Gasteiger partial charge in [0.25, 0.3) is 0 Å². The molecule has 1 aromatic heterocycles. The SMILES string of the molecule is CSCCC(=O)N1CCC[C@@H](n2cccn2)C1. The third-order valence-electron chi connectivity index (χ3n) is 3.17. The Bertz CT molecular complexity index is 353. The molecule has 0 saturated carbocycles. The molecule has 0 aliphatic carbocycles. The molecule has 0 unspecified atom stereocenters. The molecule has 0 N–H and O–H groups in total. The molecule has 1 fully saturated rings. The molecule has 0 spiro atoms. The van der Waals surface area contributed by atoms with Crippen LogP contribution in [-0.2, 0) is 4.79 Å². The third kappa shape index (κ3) is 3.25. The average Bonchev–Trinajstić information content (AvgIpc) is 2.90. The summed E-state index contributed by atoms with van der Waals surface area (Å²) in [6.07, 6.45) is 8.68. The highest BCUT2D eigenvalue weighted by molar-refractivity contribution is 7.98. The van der Waals surface area contributed by atoms with E-state index in [0.717, 1.165) is 31.7 Å². The lowest BCUT2D eigenvalue weighted by atomic mass is 10.1. The Morgan fingerprint density at radius 2 is 2.47 bits per heavy atom. The summed E-state index contributed by atoms with van der Waals surface area (Å²) in [5.41, 5.74) is 0. The van der Waals surface area contributed by atoms with Crippen LogP contribution in [0.4, 0.5) is 0 Å².